The molecule has 2 heteroatoms. The smallest absolute Gasteiger partial charge is 0.160 e. The van der Waals surface area contributed by atoms with Gasteiger partial charge in [0.15, 0.2) is 5.82 Å². The first-order valence-corrected chi connectivity index (χ1v) is 20.4. The van der Waals surface area contributed by atoms with Crippen molar-refractivity contribution in [3.63, 3.8) is 0 Å². The molecule has 1 aliphatic carbocycles. The molecule has 0 N–H and O–H groups in total. The molecule has 11 rings (SSSR count). The molecule has 0 atom stereocenters. The van der Waals surface area contributed by atoms with Crippen LogP contribution in [-0.4, -0.2) is 9.97 Å². The number of benzene rings is 9. The van der Waals surface area contributed by atoms with Gasteiger partial charge in [-0.15, -0.1) is 0 Å². The summed E-state index contributed by atoms with van der Waals surface area (Å²) in [6.45, 7) is 4.63. The van der Waals surface area contributed by atoms with Gasteiger partial charge in [0.05, 0.1) is 11.4 Å². The van der Waals surface area contributed by atoms with E-state index in [4.69, 9.17) is 9.97 Å². The SMILES string of the molecule is CC1(C)c2ccc3ccccc3c2-c2c(-c3cccc(-c4cccc(-c5cc(-c6ccccc6)cc(-c6ccccc6)c5)c4)c3)nc(-c3cccc4ccccc34)nc21. The van der Waals surface area contributed by atoms with Crippen molar-refractivity contribution in [3.8, 4) is 78.3 Å². The predicted octanol–water partition coefficient (Wildman–Crippen LogP) is 15.1. The van der Waals surface area contributed by atoms with Gasteiger partial charge in [0.1, 0.15) is 0 Å². The van der Waals surface area contributed by atoms with Gasteiger partial charge in [-0.05, 0) is 108 Å². The summed E-state index contributed by atoms with van der Waals surface area (Å²) in [5, 5.41) is 4.78. The quantitative estimate of drug-likeness (QED) is 0.169. The first-order valence-electron chi connectivity index (χ1n) is 20.4. The van der Waals surface area contributed by atoms with Crippen molar-refractivity contribution >= 4 is 21.5 Å². The highest BCUT2D eigenvalue weighted by atomic mass is 14.9. The third kappa shape index (κ3) is 5.96. The molecule has 2 nitrogen and oxygen atoms in total. The van der Waals surface area contributed by atoms with Crippen LogP contribution in [0.15, 0.2) is 206 Å². The second kappa shape index (κ2) is 13.9. The van der Waals surface area contributed by atoms with E-state index < -0.39 is 0 Å². The van der Waals surface area contributed by atoms with Crippen LogP contribution in [0.1, 0.15) is 25.1 Å². The number of nitrogens with zero attached hydrogens (tertiary/aromatic N) is 2. The normalized spacial score (nSPS) is 12.7. The lowest BCUT2D eigenvalue weighted by Crippen LogP contribution is -2.17. The Labute approximate surface area is 345 Å². The summed E-state index contributed by atoms with van der Waals surface area (Å²) in [5.74, 6) is 0.751. The molecule has 59 heavy (non-hydrogen) atoms. The summed E-state index contributed by atoms with van der Waals surface area (Å²) in [6, 6.07) is 74.4. The molecule has 1 aliphatic rings. The molecule has 1 aromatic heterocycles. The Kier molecular flexibility index (Phi) is 8.20. The number of hydrogen-bond donors (Lipinski definition) is 0. The molecule has 0 saturated heterocycles. The van der Waals surface area contributed by atoms with E-state index in [-0.39, 0.29) is 5.41 Å². The maximum Gasteiger partial charge on any atom is 0.160 e. The largest absolute Gasteiger partial charge is 0.231 e. The zero-order chi connectivity index (χ0) is 39.5. The molecule has 0 radical (unpaired) electrons. The summed E-state index contributed by atoms with van der Waals surface area (Å²) in [7, 11) is 0. The van der Waals surface area contributed by atoms with E-state index in [0.717, 1.165) is 50.4 Å². The molecular weight excluding hydrogens is 713 g/mol. The van der Waals surface area contributed by atoms with Crippen molar-refractivity contribution < 1.29 is 0 Å². The van der Waals surface area contributed by atoms with Gasteiger partial charge in [0, 0.05) is 22.1 Å². The summed E-state index contributed by atoms with van der Waals surface area (Å²) >= 11 is 0. The molecule has 9 aromatic carbocycles. The number of fused-ring (bicyclic) bond motifs is 6. The summed E-state index contributed by atoms with van der Waals surface area (Å²) < 4.78 is 0. The lowest BCUT2D eigenvalue weighted by molar-refractivity contribution is 0.636. The first-order chi connectivity index (χ1) is 29.0. The third-order valence-corrected chi connectivity index (χ3v) is 12.2. The van der Waals surface area contributed by atoms with E-state index in [1.807, 2.05) is 0 Å². The Morgan fingerprint density at radius 1 is 0.339 bits per heavy atom. The van der Waals surface area contributed by atoms with Gasteiger partial charge >= 0.3 is 0 Å². The van der Waals surface area contributed by atoms with Crippen molar-refractivity contribution in [3.05, 3.63) is 218 Å². The predicted molar refractivity (Wildman–Crippen MR) is 247 cm³/mol. The van der Waals surface area contributed by atoms with E-state index in [1.54, 1.807) is 0 Å². The van der Waals surface area contributed by atoms with Crippen molar-refractivity contribution in [2.45, 2.75) is 19.3 Å². The van der Waals surface area contributed by atoms with Crippen LogP contribution in [-0.2, 0) is 5.41 Å². The van der Waals surface area contributed by atoms with Gasteiger partial charge in [0.25, 0.3) is 0 Å². The van der Waals surface area contributed by atoms with E-state index in [9.17, 15) is 0 Å². The Balaban J connectivity index is 1.09. The fourth-order valence-corrected chi connectivity index (χ4v) is 9.20. The van der Waals surface area contributed by atoms with Crippen LogP contribution in [0.25, 0.3) is 99.8 Å². The van der Waals surface area contributed by atoms with Crippen LogP contribution in [0.5, 0.6) is 0 Å². The summed E-state index contributed by atoms with van der Waals surface area (Å²) in [4.78, 5) is 11.1. The van der Waals surface area contributed by atoms with E-state index >= 15 is 0 Å². The minimum atomic E-state index is -0.329. The van der Waals surface area contributed by atoms with Gasteiger partial charge in [-0.3, -0.25) is 0 Å². The average Bonchev–Trinajstić information content (AvgIpc) is 3.54. The number of hydrogen-bond acceptors (Lipinski definition) is 2. The van der Waals surface area contributed by atoms with Crippen LogP contribution >= 0.6 is 0 Å². The van der Waals surface area contributed by atoms with E-state index in [1.165, 1.54) is 60.7 Å². The lowest BCUT2D eigenvalue weighted by atomic mass is 9.84. The molecule has 10 aromatic rings. The van der Waals surface area contributed by atoms with Crippen LogP contribution in [0.4, 0.5) is 0 Å². The van der Waals surface area contributed by atoms with Crippen LogP contribution in [0.2, 0.25) is 0 Å². The third-order valence-electron chi connectivity index (χ3n) is 12.2. The molecule has 0 bridgehead atoms. The zero-order valence-corrected chi connectivity index (χ0v) is 33.0. The van der Waals surface area contributed by atoms with Crippen molar-refractivity contribution in [1.29, 1.82) is 0 Å². The number of rotatable bonds is 6. The van der Waals surface area contributed by atoms with Crippen molar-refractivity contribution in [1.82, 2.24) is 9.97 Å². The second-order valence-corrected chi connectivity index (χ2v) is 16.2. The Morgan fingerprint density at radius 2 is 0.797 bits per heavy atom. The highest BCUT2D eigenvalue weighted by Gasteiger charge is 2.41. The van der Waals surface area contributed by atoms with Gasteiger partial charge in [-0.2, -0.15) is 0 Å². The molecule has 0 unspecified atom stereocenters. The Hall–Kier alpha value is -7.42. The van der Waals surface area contributed by atoms with Gasteiger partial charge in [-0.25, -0.2) is 9.97 Å². The highest BCUT2D eigenvalue weighted by Crippen LogP contribution is 2.54. The molecular formula is C57H40N2. The molecule has 0 spiro atoms. The summed E-state index contributed by atoms with van der Waals surface area (Å²) in [5.41, 5.74) is 16.9. The maximum atomic E-state index is 5.57. The first kappa shape index (κ1) is 34.8. The van der Waals surface area contributed by atoms with Crippen LogP contribution in [0.3, 0.4) is 0 Å². The van der Waals surface area contributed by atoms with Crippen molar-refractivity contribution in [2.24, 2.45) is 0 Å². The minimum absolute atomic E-state index is 0.329. The average molecular weight is 753 g/mol. The lowest BCUT2D eigenvalue weighted by Gasteiger charge is -2.21. The van der Waals surface area contributed by atoms with Gasteiger partial charge in [0.2, 0.25) is 0 Å². The van der Waals surface area contributed by atoms with E-state index in [2.05, 4.69) is 220 Å². The highest BCUT2D eigenvalue weighted by molar-refractivity contribution is 6.06. The fraction of sp³-hybridized carbons (Fsp3) is 0.0526. The Bertz CT molecular complexity index is 3170. The molecule has 0 fully saturated rings. The van der Waals surface area contributed by atoms with Crippen LogP contribution in [0, 0.1) is 0 Å². The maximum absolute atomic E-state index is 5.57. The van der Waals surface area contributed by atoms with Crippen molar-refractivity contribution in [2.75, 3.05) is 0 Å². The Morgan fingerprint density at radius 3 is 1.46 bits per heavy atom. The summed E-state index contributed by atoms with van der Waals surface area (Å²) in [6.07, 6.45) is 0. The zero-order valence-electron chi connectivity index (χ0n) is 33.0. The molecule has 0 amide bonds. The second-order valence-electron chi connectivity index (χ2n) is 16.2. The topological polar surface area (TPSA) is 25.8 Å². The minimum Gasteiger partial charge on any atom is -0.231 e. The number of aromatic nitrogens is 2. The van der Waals surface area contributed by atoms with Crippen LogP contribution < -0.4 is 0 Å². The molecule has 278 valence electrons. The fourth-order valence-electron chi connectivity index (χ4n) is 9.20. The monoisotopic (exact) mass is 752 g/mol. The standard InChI is InChI=1S/C57H40N2/c1-57(2)51-31-30-40-21-10-12-28-49(40)52(51)53-54(58-56(59-55(53)57)50-29-15-22-39-20-9-11-27-48(39)50)44-26-14-24-42(33-44)41-23-13-25-43(32-41)47-35-45(37-16-5-3-6-17-37)34-46(36-47)38-18-7-4-8-19-38/h3-36H,1-2H3. The molecule has 0 aliphatic heterocycles. The van der Waals surface area contributed by atoms with Gasteiger partial charge < -0.3 is 0 Å². The molecule has 0 saturated carbocycles. The van der Waals surface area contributed by atoms with Gasteiger partial charge in [-0.1, -0.05) is 190 Å². The van der Waals surface area contributed by atoms with E-state index in [0.29, 0.717) is 0 Å². The molecule has 1 heterocycles.